The van der Waals surface area contributed by atoms with Gasteiger partial charge in [-0.25, -0.2) is 4.39 Å². The maximum atomic E-state index is 14.0. The number of esters is 1. The number of hydrogen-bond acceptors (Lipinski definition) is 4. The summed E-state index contributed by atoms with van der Waals surface area (Å²) in [6.45, 7) is 4.36. The van der Waals surface area contributed by atoms with E-state index in [2.05, 4.69) is 5.32 Å². The molecule has 3 aromatic carbocycles. The van der Waals surface area contributed by atoms with Crippen LogP contribution in [0.3, 0.4) is 0 Å². The molecule has 0 aliphatic rings. The van der Waals surface area contributed by atoms with Gasteiger partial charge in [-0.3, -0.25) is 9.59 Å². The van der Waals surface area contributed by atoms with E-state index in [-0.39, 0.29) is 30.5 Å². The fourth-order valence-electron chi connectivity index (χ4n) is 4.86. The lowest BCUT2D eigenvalue weighted by molar-refractivity contribution is -0.142. The number of halogens is 1. The number of aliphatic hydroxyl groups excluding tert-OH is 1. The number of amides is 1. The van der Waals surface area contributed by atoms with E-state index in [0.717, 1.165) is 28.1 Å². The minimum atomic E-state index is -0.928. The van der Waals surface area contributed by atoms with Gasteiger partial charge in [0.1, 0.15) is 5.82 Å². The number of aromatic nitrogens is 1. The topological polar surface area (TPSA) is 80.6 Å². The first-order valence-electron chi connectivity index (χ1n) is 13.0. The lowest BCUT2D eigenvalue weighted by Crippen LogP contribution is -2.19. The SMILES string of the molecule is COC(=O)C[C@@H](O)CCn1c(-c2ccc(F)cc2)c(-c2ccccc2)c(C(=O)Nc2ccccc2)c1C(C)C. The number of para-hydroxylation sites is 1. The summed E-state index contributed by atoms with van der Waals surface area (Å²) in [4.78, 5) is 25.8. The number of nitrogens with zero attached hydrogens (tertiary/aromatic N) is 1. The first kappa shape index (κ1) is 27.8. The number of methoxy groups -OCH3 is 1. The molecule has 202 valence electrons. The van der Waals surface area contributed by atoms with Gasteiger partial charge in [-0.2, -0.15) is 0 Å². The zero-order valence-electron chi connectivity index (χ0n) is 22.4. The molecule has 0 unspecified atom stereocenters. The molecule has 0 saturated heterocycles. The van der Waals surface area contributed by atoms with Gasteiger partial charge in [-0.15, -0.1) is 0 Å². The van der Waals surface area contributed by atoms with E-state index in [4.69, 9.17) is 4.74 Å². The van der Waals surface area contributed by atoms with Crippen LogP contribution in [0.5, 0.6) is 0 Å². The van der Waals surface area contributed by atoms with Crippen LogP contribution in [-0.4, -0.2) is 34.8 Å². The molecule has 2 N–H and O–H groups in total. The van der Waals surface area contributed by atoms with E-state index in [9.17, 15) is 19.1 Å². The Balaban J connectivity index is 1.95. The van der Waals surface area contributed by atoms with Crippen LogP contribution >= 0.6 is 0 Å². The molecule has 0 aliphatic carbocycles. The fraction of sp³-hybridized carbons (Fsp3) is 0.250. The lowest BCUT2D eigenvalue weighted by atomic mass is 9.94. The molecular weight excluding hydrogens is 495 g/mol. The Kier molecular flexibility index (Phi) is 8.94. The van der Waals surface area contributed by atoms with Gasteiger partial charge in [0.25, 0.3) is 5.91 Å². The maximum Gasteiger partial charge on any atom is 0.308 e. The minimum Gasteiger partial charge on any atom is -0.469 e. The van der Waals surface area contributed by atoms with Gasteiger partial charge in [0.2, 0.25) is 0 Å². The highest BCUT2D eigenvalue weighted by Crippen LogP contribution is 2.42. The molecule has 7 heteroatoms. The van der Waals surface area contributed by atoms with Crippen LogP contribution in [0.15, 0.2) is 84.9 Å². The quantitative estimate of drug-likeness (QED) is 0.226. The molecule has 0 aliphatic heterocycles. The van der Waals surface area contributed by atoms with Crippen molar-refractivity contribution in [3.8, 4) is 22.4 Å². The Labute approximate surface area is 228 Å². The average molecular weight is 529 g/mol. The molecule has 1 atom stereocenters. The van der Waals surface area contributed by atoms with Crippen LogP contribution in [0, 0.1) is 5.82 Å². The number of ether oxygens (including phenoxy) is 1. The van der Waals surface area contributed by atoms with E-state index in [1.54, 1.807) is 12.1 Å². The van der Waals surface area contributed by atoms with Crippen molar-refractivity contribution in [3.05, 3.63) is 102 Å². The van der Waals surface area contributed by atoms with Crippen molar-refractivity contribution >= 4 is 17.6 Å². The Hall–Kier alpha value is -4.23. The van der Waals surface area contributed by atoms with Crippen LogP contribution in [0.25, 0.3) is 22.4 Å². The standard InChI is InChI=1S/C32H33FN2O4/c1-21(2)30-29(32(38)34-25-12-8-5-9-13-25)28(22-10-6-4-7-11-22)31(23-14-16-24(33)17-15-23)35(30)19-18-26(36)20-27(37)39-3/h4-17,21,26,36H,18-20H2,1-3H3,(H,34,38)/t26-/m0/s1. The first-order chi connectivity index (χ1) is 18.8. The highest BCUT2D eigenvalue weighted by molar-refractivity contribution is 6.12. The molecule has 0 spiro atoms. The van der Waals surface area contributed by atoms with Gasteiger partial charge in [0.05, 0.1) is 30.9 Å². The molecule has 1 aromatic heterocycles. The summed E-state index contributed by atoms with van der Waals surface area (Å²) in [5.74, 6) is -1.19. The van der Waals surface area contributed by atoms with Crippen molar-refractivity contribution in [1.82, 2.24) is 4.57 Å². The highest BCUT2D eigenvalue weighted by Gasteiger charge is 2.30. The Bertz CT molecular complexity index is 1410. The second-order valence-corrected chi connectivity index (χ2v) is 9.71. The number of rotatable bonds is 10. The number of benzene rings is 3. The minimum absolute atomic E-state index is 0.0732. The van der Waals surface area contributed by atoms with Crippen molar-refractivity contribution in [2.24, 2.45) is 0 Å². The zero-order chi connectivity index (χ0) is 27.9. The predicted octanol–water partition coefficient (Wildman–Crippen LogP) is 6.65. The first-order valence-corrected chi connectivity index (χ1v) is 13.0. The summed E-state index contributed by atoms with van der Waals surface area (Å²) in [6.07, 6.45) is -0.804. The number of carbonyl (C=O) groups is 2. The fourth-order valence-corrected chi connectivity index (χ4v) is 4.86. The van der Waals surface area contributed by atoms with Crippen LogP contribution in [-0.2, 0) is 16.1 Å². The monoisotopic (exact) mass is 528 g/mol. The van der Waals surface area contributed by atoms with Gasteiger partial charge in [-0.05, 0) is 59.9 Å². The molecule has 0 fully saturated rings. The van der Waals surface area contributed by atoms with Crippen LogP contribution in [0.1, 0.15) is 48.7 Å². The van der Waals surface area contributed by atoms with E-state index >= 15 is 0 Å². The molecule has 6 nitrogen and oxygen atoms in total. The number of carbonyl (C=O) groups excluding carboxylic acids is 2. The van der Waals surface area contributed by atoms with Crippen LogP contribution < -0.4 is 5.32 Å². The lowest BCUT2D eigenvalue weighted by Gasteiger charge is -2.19. The number of aliphatic hydroxyl groups is 1. The van der Waals surface area contributed by atoms with E-state index in [1.807, 2.05) is 79.1 Å². The molecule has 0 radical (unpaired) electrons. The molecule has 4 aromatic rings. The van der Waals surface area contributed by atoms with Crippen LogP contribution in [0.4, 0.5) is 10.1 Å². The second-order valence-electron chi connectivity index (χ2n) is 9.71. The molecule has 1 amide bonds. The number of hydrogen-bond donors (Lipinski definition) is 2. The summed E-state index contributed by atoms with van der Waals surface area (Å²) in [5, 5.41) is 13.6. The summed E-state index contributed by atoms with van der Waals surface area (Å²) in [7, 11) is 1.29. The third-order valence-electron chi connectivity index (χ3n) is 6.61. The molecule has 39 heavy (non-hydrogen) atoms. The Morgan fingerprint density at radius 3 is 2.13 bits per heavy atom. The summed E-state index contributed by atoms with van der Waals surface area (Å²) >= 11 is 0. The normalized spacial score (nSPS) is 11.8. The number of nitrogens with one attached hydrogen (secondary N) is 1. The molecule has 1 heterocycles. The Morgan fingerprint density at radius 1 is 0.923 bits per heavy atom. The number of anilines is 1. The second kappa shape index (κ2) is 12.5. The van der Waals surface area contributed by atoms with Crippen molar-refractivity contribution < 1.29 is 23.8 Å². The summed E-state index contributed by atoms with van der Waals surface area (Å²) in [5.41, 5.74) is 5.01. The largest absolute Gasteiger partial charge is 0.469 e. The Morgan fingerprint density at radius 2 is 1.54 bits per heavy atom. The van der Waals surface area contributed by atoms with Crippen molar-refractivity contribution in [2.45, 2.75) is 45.3 Å². The highest BCUT2D eigenvalue weighted by atomic mass is 19.1. The summed E-state index contributed by atoms with van der Waals surface area (Å²) in [6, 6.07) is 25.1. The third kappa shape index (κ3) is 6.44. The molecule has 0 bridgehead atoms. The van der Waals surface area contributed by atoms with Crippen molar-refractivity contribution in [3.63, 3.8) is 0 Å². The van der Waals surface area contributed by atoms with E-state index < -0.39 is 12.1 Å². The van der Waals surface area contributed by atoms with E-state index in [0.29, 0.717) is 17.8 Å². The van der Waals surface area contributed by atoms with Gasteiger partial charge in [-0.1, -0.05) is 62.4 Å². The average Bonchev–Trinajstić information content (AvgIpc) is 3.29. The predicted molar refractivity (Wildman–Crippen MR) is 151 cm³/mol. The molecular formula is C32H33FN2O4. The molecule has 0 saturated carbocycles. The zero-order valence-corrected chi connectivity index (χ0v) is 22.4. The van der Waals surface area contributed by atoms with Gasteiger partial charge in [0, 0.05) is 23.5 Å². The maximum absolute atomic E-state index is 14.0. The van der Waals surface area contributed by atoms with E-state index in [1.165, 1.54) is 19.2 Å². The van der Waals surface area contributed by atoms with Gasteiger partial charge < -0.3 is 19.7 Å². The summed E-state index contributed by atoms with van der Waals surface area (Å²) < 4.78 is 20.7. The van der Waals surface area contributed by atoms with Crippen molar-refractivity contribution in [2.75, 3.05) is 12.4 Å². The van der Waals surface area contributed by atoms with Crippen molar-refractivity contribution in [1.29, 1.82) is 0 Å². The smallest absolute Gasteiger partial charge is 0.308 e. The van der Waals surface area contributed by atoms with Gasteiger partial charge in [0.15, 0.2) is 0 Å². The van der Waals surface area contributed by atoms with Gasteiger partial charge >= 0.3 is 5.97 Å². The molecule has 4 rings (SSSR count). The van der Waals surface area contributed by atoms with Crippen LogP contribution in [0.2, 0.25) is 0 Å². The third-order valence-corrected chi connectivity index (χ3v) is 6.61.